The van der Waals surface area contributed by atoms with Crippen LogP contribution in [0.25, 0.3) is 0 Å². The quantitative estimate of drug-likeness (QED) is 0.749. The van der Waals surface area contributed by atoms with Crippen molar-refractivity contribution in [1.29, 1.82) is 0 Å². The lowest BCUT2D eigenvalue weighted by Gasteiger charge is -2.05. The van der Waals surface area contributed by atoms with Gasteiger partial charge >= 0.3 is 0 Å². The van der Waals surface area contributed by atoms with Gasteiger partial charge < -0.3 is 10.6 Å². The molecule has 1 aromatic carbocycles. The molecule has 0 bridgehead atoms. The molecule has 0 fully saturated rings. The Hall–Kier alpha value is -2.20. The van der Waals surface area contributed by atoms with Gasteiger partial charge in [-0.15, -0.1) is 0 Å². The van der Waals surface area contributed by atoms with Crippen LogP contribution in [-0.4, -0.2) is 24.0 Å². The molecule has 4 heteroatoms. The standard InChI is InChI=1S/C17H21N3O/c1-2-14-3-5-15(6-4-14)13-19-11-12-20-17(21)16-7-9-18-10-8-16/h3-10,19H,2,11-13H2,1H3,(H,20,21)/p+1. The Morgan fingerprint density at radius 3 is 2.43 bits per heavy atom. The maximum atomic E-state index is 11.8. The topological polar surface area (TPSA) is 58.6 Å². The van der Waals surface area contributed by atoms with E-state index in [2.05, 4.69) is 46.8 Å². The smallest absolute Gasteiger partial charge is 0.251 e. The maximum Gasteiger partial charge on any atom is 0.251 e. The lowest BCUT2D eigenvalue weighted by Crippen LogP contribution is -2.84. The number of nitrogens with one attached hydrogen (secondary N) is 1. The van der Waals surface area contributed by atoms with Gasteiger partial charge in [0.1, 0.15) is 6.54 Å². The molecule has 4 nitrogen and oxygen atoms in total. The van der Waals surface area contributed by atoms with Crippen LogP contribution in [0.2, 0.25) is 0 Å². The van der Waals surface area contributed by atoms with Crippen LogP contribution in [0, 0.1) is 0 Å². The van der Waals surface area contributed by atoms with Crippen molar-refractivity contribution in [3.8, 4) is 0 Å². The summed E-state index contributed by atoms with van der Waals surface area (Å²) in [5, 5.41) is 5.11. The largest absolute Gasteiger partial charge is 0.346 e. The van der Waals surface area contributed by atoms with Gasteiger partial charge in [-0.3, -0.25) is 9.78 Å². The van der Waals surface area contributed by atoms with Crippen molar-refractivity contribution in [2.75, 3.05) is 13.1 Å². The van der Waals surface area contributed by atoms with Crippen LogP contribution in [0.15, 0.2) is 48.8 Å². The molecule has 0 atom stereocenters. The van der Waals surface area contributed by atoms with Crippen LogP contribution in [0.3, 0.4) is 0 Å². The SMILES string of the molecule is CCc1ccc(C[NH2+]CCNC(=O)c2ccncc2)cc1. The molecule has 0 radical (unpaired) electrons. The number of rotatable bonds is 7. The van der Waals surface area contributed by atoms with E-state index in [1.54, 1.807) is 24.5 Å². The number of nitrogens with zero attached hydrogens (tertiary/aromatic N) is 1. The van der Waals surface area contributed by atoms with Crippen molar-refractivity contribution in [3.63, 3.8) is 0 Å². The zero-order valence-electron chi connectivity index (χ0n) is 12.4. The van der Waals surface area contributed by atoms with Gasteiger partial charge in [-0.2, -0.15) is 0 Å². The van der Waals surface area contributed by atoms with E-state index in [-0.39, 0.29) is 5.91 Å². The fraction of sp³-hybridized carbons (Fsp3) is 0.294. The minimum absolute atomic E-state index is 0.0434. The molecule has 0 unspecified atom stereocenters. The van der Waals surface area contributed by atoms with Crippen LogP contribution < -0.4 is 10.6 Å². The van der Waals surface area contributed by atoms with Crippen molar-refractivity contribution in [2.45, 2.75) is 19.9 Å². The molecule has 21 heavy (non-hydrogen) atoms. The predicted octanol–water partition coefficient (Wildman–Crippen LogP) is 1.14. The minimum Gasteiger partial charge on any atom is -0.346 e. The third-order valence-electron chi connectivity index (χ3n) is 3.39. The highest BCUT2D eigenvalue weighted by Crippen LogP contribution is 2.03. The summed E-state index contributed by atoms with van der Waals surface area (Å²) in [7, 11) is 0. The Morgan fingerprint density at radius 1 is 1.10 bits per heavy atom. The number of quaternary nitrogens is 1. The van der Waals surface area contributed by atoms with E-state index >= 15 is 0 Å². The zero-order valence-corrected chi connectivity index (χ0v) is 12.4. The highest BCUT2D eigenvalue weighted by molar-refractivity contribution is 5.93. The number of aromatic nitrogens is 1. The van der Waals surface area contributed by atoms with Crippen LogP contribution in [0.5, 0.6) is 0 Å². The number of hydrogen-bond acceptors (Lipinski definition) is 2. The Balaban J connectivity index is 1.64. The maximum absolute atomic E-state index is 11.8. The zero-order chi connectivity index (χ0) is 14.9. The lowest BCUT2D eigenvalue weighted by atomic mass is 10.1. The van der Waals surface area contributed by atoms with Crippen LogP contribution in [0.1, 0.15) is 28.4 Å². The second kappa shape index (κ2) is 8.17. The fourth-order valence-corrected chi connectivity index (χ4v) is 2.07. The first-order chi connectivity index (χ1) is 10.3. The molecule has 0 spiro atoms. The summed E-state index contributed by atoms with van der Waals surface area (Å²) in [6, 6.07) is 12.1. The molecule has 0 aliphatic carbocycles. The number of hydrogen-bond donors (Lipinski definition) is 2. The minimum atomic E-state index is -0.0434. The number of aryl methyl sites for hydroxylation is 1. The summed E-state index contributed by atoms with van der Waals surface area (Å²) in [6.45, 7) is 4.63. The number of carbonyl (C=O) groups excluding carboxylic acids is 1. The summed E-state index contributed by atoms with van der Waals surface area (Å²) in [5.41, 5.74) is 3.33. The average Bonchev–Trinajstić information content (AvgIpc) is 2.55. The van der Waals surface area contributed by atoms with E-state index in [9.17, 15) is 4.79 Å². The van der Waals surface area contributed by atoms with Gasteiger partial charge in [-0.1, -0.05) is 31.2 Å². The predicted molar refractivity (Wildman–Crippen MR) is 82.9 cm³/mol. The van der Waals surface area contributed by atoms with E-state index in [0.29, 0.717) is 12.1 Å². The van der Waals surface area contributed by atoms with Crippen molar-refractivity contribution in [2.24, 2.45) is 0 Å². The first-order valence-electron chi connectivity index (χ1n) is 7.37. The van der Waals surface area contributed by atoms with Crippen molar-refractivity contribution in [3.05, 3.63) is 65.5 Å². The third-order valence-corrected chi connectivity index (χ3v) is 3.39. The summed E-state index contributed by atoms with van der Waals surface area (Å²) < 4.78 is 0. The molecule has 0 saturated carbocycles. The summed E-state index contributed by atoms with van der Waals surface area (Å²) in [4.78, 5) is 15.7. The van der Waals surface area contributed by atoms with Gasteiger partial charge in [-0.05, 0) is 24.1 Å². The number of benzene rings is 1. The highest BCUT2D eigenvalue weighted by Gasteiger charge is 2.03. The molecular weight excluding hydrogens is 262 g/mol. The first kappa shape index (κ1) is 15.2. The molecule has 0 aliphatic rings. The highest BCUT2D eigenvalue weighted by atomic mass is 16.1. The second-order valence-corrected chi connectivity index (χ2v) is 4.94. The second-order valence-electron chi connectivity index (χ2n) is 4.94. The van der Waals surface area contributed by atoms with Gasteiger partial charge in [0.15, 0.2) is 0 Å². The molecule has 2 rings (SSSR count). The molecule has 110 valence electrons. The van der Waals surface area contributed by atoms with E-state index in [1.807, 2.05) is 0 Å². The fourth-order valence-electron chi connectivity index (χ4n) is 2.07. The van der Waals surface area contributed by atoms with Crippen molar-refractivity contribution >= 4 is 5.91 Å². The Bertz CT molecular complexity index is 552. The number of carbonyl (C=O) groups is 1. The molecule has 1 amide bonds. The van der Waals surface area contributed by atoms with Crippen LogP contribution in [0.4, 0.5) is 0 Å². The van der Waals surface area contributed by atoms with Gasteiger partial charge in [0.05, 0.1) is 13.1 Å². The normalized spacial score (nSPS) is 10.3. The molecule has 1 heterocycles. The Labute approximate surface area is 125 Å². The van der Waals surface area contributed by atoms with Gasteiger partial charge in [0.25, 0.3) is 5.91 Å². The van der Waals surface area contributed by atoms with E-state index in [0.717, 1.165) is 19.5 Å². The molecular formula is C17H22N3O+. The van der Waals surface area contributed by atoms with Gasteiger partial charge in [0, 0.05) is 23.5 Å². The van der Waals surface area contributed by atoms with Gasteiger partial charge in [0.2, 0.25) is 0 Å². The first-order valence-corrected chi connectivity index (χ1v) is 7.37. The third kappa shape index (κ3) is 5.00. The van der Waals surface area contributed by atoms with E-state index in [4.69, 9.17) is 0 Å². The molecule has 0 saturated heterocycles. The summed E-state index contributed by atoms with van der Waals surface area (Å²) >= 11 is 0. The molecule has 3 N–H and O–H groups in total. The molecule has 2 aromatic rings. The average molecular weight is 284 g/mol. The summed E-state index contributed by atoms with van der Waals surface area (Å²) in [6.07, 6.45) is 4.33. The van der Waals surface area contributed by atoms with E-state index < -0.39 is 0 Å². The van der Waals surface area contributed by atoms with Crippen molar-refractivity contribution < 1.29 is 10.1 Å². The summed E-state index contributed by atoms with van der Waals surface area (Å²) in [5.74, 6) is -0.0434. The Kier molecular flexibility index (Phi) is 5.91. The Morgan fingerprint density at radius 2 is 1.76 bits per heavy atom. The molecule has 1 aromatic heterocycles. The molecule has 0 aliphatic heterocycles. The number of amides is 1. The van der Waals surface area contributed by atoms with Crippen LogP contribution >= 0.6 is 0 Å². The monoisotopic (exact) mass is 284 g/mol. The van der Waals surface area contributed by atoms with Crippen LogP contribution in [-0.2, 0) is 13.0 Å². The van der Waals surface area contributed by atoms with Crippen molar-refractivity contribution in [1.82, 2.24) is 10.3 Å². The van der Waals surface area contributed by atoms with Gasteiger partial charge in [-0.25, -0.2) is 0 Å². The lowest BCUT2D eigenvalue weighted by molar-refractivity contribution is -0.668. The number of nitrogens with two attached hydrogens (primary N) is 1. The number of pyridine rings is 1. The van der Waals surface area contributed by atoms with E-state index in [1.165, 1.54) is 11.1 Å².